The third-order valence-corrected chi connectivity index (χ3v) is 5.33. The molecular weight excluding hydrogens is 395 g/mol. The molecular formula is C20H20ClFN6O. The molecule has 0 spiro atoms. The van der Waals surface area contributed by atoms with Crippen molar-refractivity contribution < 1.29 is 9.18 Å². The first kappa shape index (κ1) is 19.5. The molecule has 1 aliphatic heterocycles. The second-order valence-corrected chi connectivity index (χ2v) is 7.41. The lowest BCUT2D eigenvalue weighted by molar-refractivity contribution is 0.0620. The Morgan fingerprint density at radius 2 is 1.83 bits per heavy atom. The summed E-state index contributed by atoms with van der Waals surface area (Å²) in [7, 11) is 0. The van der Waals surface area contributed by atoms with Gasteiger partial charge in [0.05, 0.1) is 22.8 Å². The lowest BCUT2D eigenvalue weighted by Crippen LogP contribution is -2.48. The molecule has 0 radical (unpaired) electrons. The number of aryl methyl sites for hydroxylation is 1. The van der Waals surface area contributed by atoms with Crippen LogP contribution in [0, 0.1) is 12.7 Å². The van der Waals surface area contributed by atoms with Crippen molar-refractivity contribution in [2.75, 3.05) is 26.2 Å². The van der Waals surface area contributed by atoms with Crippen LogP contribution < -0.4 is 0 Å². The first-order valence-corrected chi connectivity index (χ1v) is 9.70. The summed E-state index contributed by atoms with van der Waals surface area (Å²) in [5.41, 5.74) is 2.00. The Balaban J connectivity index is 1.41. The molecule has 3 aromatic rings. The highest BCUT2D eigenvalue weighted by Crippen LogP contribution is 2.22. The number of piperazine rings is 1. The number of carbonyl (C=O) groups excluding carboxylic acids is 1. The van der Waals surface area contributed by atoms with E-state index in [2.05, 4.69) is 20.4 Å². The fraction of sp³-hybridized carbons (Fsp3) is 0.300. The van der Waals surface area contributed by atoms with Crippen LogP contribution in [0.2, 0.25) is 5.02 Å². The summed E-state index contributed by atoms with van der Waals surface area (Å²) in [6.07, 6.45) is 0. The van der Waals surface area contributed by atoms with Gasteiger partial charge in [0, 0.05) is 26.2 Å². The number of nitrogens with zero attached hydrogens (tertiary/aromatic N) is 6. The SMILES string of the molecule is Cc1ccc(-n2nnnc2CN2CCN(C(=O)c3c(F)cccc3Cl)CC2)cc1. The minimum absolute atomic E-state index is 0.0640. The van der Waals surface area contributed by atoms with Gasteiger partial charge in [0.15, 0.2) is 5.82 Å². The van der Waals surface area contributed by atoms with Crippen molar-refractivity contribution >= 4 is 17.5 Å². The van der Waals surface area contributed by atoms with Gasteiger partial charge in [-0.3, -0.25) is 9.69 Å². The van der Waals surface area contributed by atoms with Gasteiger partial charge in [-0.1, -0.05) is 35.4 Å². The smallest absolute Gasteiger partial charge is 0.258 e. The third-order valence-electron chi connectivity index (χ3n) is 5.01. The Morgan fingerprint density at radius 3 is 2.52 bits per heavy atom. The van der Waals surface area contributed by atoms with Crippen molar-refractivity contribution in [2.45, 2.75) is 13.5 Å². The van der Waals surface area contributed by atoms with Crippen molar-refractivity contribution in [3.63, 3.8) is 0 Å². The van der Waals surface area contributed by atoms with Gasteiger partial charge in [-0.2, -0.15) is 4.68 Å². The van der Waals surface area contributed by atoms with Crippen LogP contribution in [0.3, 0.4) is 0 Å². The number of halogens is 2. The van der Waals surface area contributed by atoms with Gasteiger partial charge in [0.2, 0.25) is 0 Å². The Labute approximate surface area is 172 Å². The quantitative estimate of drug-likeness (QED) is 0.656. The molecule has 4 rings (SSSR count). The zero-order valence-corrected chi connectivity index (χ0v) is 16.7. The number of rotatable bonds is 4. The van der Waals surface area contributed by atoms with E-state index in [1.54, 1.807) is 9.58 Å². The third kappa shape index (κ3) is 4.13. The van der Waals surface area contributed by atoms with Crippen molar-refractivity contribution in [2.24, 2.45) is 0 Å². The molecule has 0 saturated carbocycles. The van der Waals surface area contributed by atoms with Crippen molar-refractivity contribution in [3.8, 4) is 5.69 Å². The first-order chi connectivity index (χ1) is 14.0. The monoisotopic (exact) mass is 414 g/mol. The normalized spacial score (nSPS) is 14.9. The molecule has 0 aliphatic carbocycles. The number of hydrogen-bond acceptors (Lipinski definition) is 5. The predicted molar refractivity (Wildman–Crippen MR) is 106 cm³/mol. The van der Waals surface area contributed by atoms with E-state index in [4.69, 9.17) is 11.6 Å². The first-order valence-electron chi connectivity index (χ1n) is 9.33. The standard InChI is InChI=1S/C20H20ClFN6O/c1-14-5-7-15(8-6-14)28-18(23-24-25-28)13-26-9-11-27(12-10-26)20(29)19-16(21)3-2-4-17(19)22/h2-8H,9-13H2,1H3. The average Bonchev–Trinajstić information content (AvgIpc) is 3.17. The molecule has 2 aromatic carbocycles. The molecule has 0 atom stereocenters. The fourth-order valence-electron chi connectivity index (χ4n) is 3.36. The molecule has 29 heavy (non-hydrogen) atoms. The van der Waals surface area contributed by atoms with Crippen LogP contribution in [0.25, 0.3) is 5.69 Å². The van der Waals surface area contributed by atoms with Crippen LogP contribution in [0.4, 0.5) is 4.39 Å². The maximum Gasteiger partial charge on any atom is 0.258 e. The maximum atomic E-state index is 14.0. The summed E-state index contributed by atoms with van der Waals surface area (Å²) in [5.74, 6) is -0.245. The van der Waals surface area contributed by atoms with Crippen LogP contribution in [0.5, 0.6) is 0 Å². The van der Waals surface area contributed by atoms with E-state index in [0.29, 0.717) is 32.7 Å². The largest absolute Gasteiger partial charge is 0.336 e. The minimum atomic E-state index is -0.595. The van der Waals surface area contributed by atoms with E-state index in [1.165, 1.54) is 23.8 Å². The molecule has 1 saturated heterocycles. The van der Waals surface area contributed by atoms with Crippen molar-refractivity contribution in [3.05, 3.63) is 70.3 Å². The Kier molecular flexibility index (Phi) is 5.55. The Bertz CT molecular complexity index is 994. The number of tetrazole rings is 1. The van der Waals surface area contributed by atoms with Crippen LogP contribution >= 0.6 is 11.6 Å². The second kappa shape index (κ2) is 8.26. The van der Waals surface area contributed by atoms with Gasteiger partial charge in [-0.05, 0) is 41.6 Å². The summed E-state index contributed by atoms with van der Waals surface area (Å²) in [4.78, 5) is 16.5. The minimum Gasteiger partial charge on any atom is -0.336 e. The molecule has 0 N–H and O–H groups in total. The van der Waals surface area contributed by atoms with E-state index in [1.807, 2.05) is 31.2 Å². The molecule has 150 valence electrons. The van der Waals surface area contributed by atoms with E-state index >= 15 is 0 Å². The summed E-state index contributed by atoms with van der Waals surface area (Å²) in [6.45, 7) is 4.82. The summed E-state index contributed by atoms with van der Waals surface area (Å²) < 4.78 is 15.8. The summed E-state index contributed by atoms with van der Waals surface area (Å²) in [6, 6.07) is 12.2. The van der Waals surface area contributed by atoms with Crippen molar-refractivity contribution in [1.82, 2.24) is 30.0 Å². The van der Waals surface area contributed by atoms with Crippen LogP contribution in [-0.2, 0) is 6.54 Å². The summed E-state index contributed by atoms with van der Waals surface area (Å²) >= 11 is 6.03. The predicted octanol–water partition coefficient (Wildman–Crippen LogP) is 2.72. The highest BCUT2D eigenvalue weighted by molar-refractivity contribution is 6.33. The zero-order valence-electron chi connectivity index (χ0n) is 15.9. The molecule has 1 fully saturated rings. The molecule has 9 heteroatoms. The molecule has 1 amide bonds. The van der Waals surface area contributed by atoms with Crippen LogP contribution in [-0.4, -0.2) is 62.1 Å². The number of aromatic nitrogens is 4. The zero-order chi connectivity index (χ0) is 20.4. The molecule has 7 nitrogen and oxygen atoms in total. The van der Waals surface area contributed by atoms with Gasteiger partial charge >= 0.3 is 0 Å². The fourth-order valence-corrected chi connectivity index (χ4v) is 3.60. The van der Waals surface area contributed by atoms with Crippen LogP contribution in [0.1, 0.15) is 21.7 Å². The van der Waals surface area contributed by atoms with E-state index in [0.717, 1.165) is 11.5 Å². The molecule has 1 aliphatic rings. The highest BCUT2D eigenvalue weighted by atomic mass is 35.5. The van der Waals surface area contributed by atoms with Crippen LogP contribution in [0.15, 0.2) is 42.5 Å². The number of hydrogen-bond donors (Lipinski definition) is 0. The van der Waals surface area contributed by atoms with Gasteiger partial charge in [-0.25, -0.2) is 4.39 Å². The van der Waals surface area contributed by atoms with Gasteiger partial charge < -0.3 is 4.90 Å². The number of amides is 1. The van der Waals surface area contributed by atoms with Gasteiger partial charge in [0.1, 0.15) is 5.82 Å². The average molecular weight is 415 g/mol. The second-order valence-electron chi connectivity index (χ2n) is 7.01. The van der Waals surface area contributed by atoms with Gasteiger partial charge in [-0.15, -0.1) is 5.10 Å². The van der Waals surface area contributed by atoms with Gasteiger partial charge in [0.25, 0.3) is 5.91 Å². The number of carbonyl (C=O) groups is 1. The van der Waals surface area contributed by atoms with Crippen molar-refractivity contribution in [1.29, 1.82) is 0 Å². The number of benzene rings is 2. The highest BCUT2D eigenvalue weighted by Gasteiger charge is 2.26. The van der Waals surface area contributed by atoms with E-state index in [9.17, 15) is 9.18 Å². The van der Waals surface area contributed by atoms with E-state index in [-0.39, 0.29) is 16.5 Å². The summed E-state index contributed by atoms with van der Waals surface area (Å²) in [5, 5.41) is 12.2. The molecule has 1 aromatic heterocycles. The Hall–Kier alpha value is -2.84. The molecule has 0 bridgehead atoms. The molecule has 2 heterocycles. The Morgan fingerprint density at radius 1 is 1.10 bits per heavy atom. The lowest BCUT2D eigenvalue weighted by Gasteiger charge is -2.34. The maximum absolute atomic E-state index is 14.0. The lowest BCUT2D eigenvalue weighted by atomic mass is 10.1. The molecule has 0 unspecified atom stereocenters. The van der Waals surface area contributed by atoms with E-state index < -0.39 is 5.82 Å². The topological polar surface area (TPSA) is 67.2 Å².